The summed E-state index contributed by atoms with van der Waals surface area (Å²) in [4.78, 5) is 1.90. The maximum atomic E-state index is 8.11. The third kappa shape index (κ3) is 3.48. The van der Waals surface area contributed by atoms with Crippen LogP contribution in [0, 0.1) is 0 Å². The standard InChI is InChI=1S/C12H19NO/c1-11(10-13(2)8-9-14)12-6-4-3-5-7-12/h3-7,11,14H,8-10H2,1-2H3/i10D,14D. The van der Waals surface area contributed by atoms with Gasteiger partial charge in [0.2, 0.25) is 1.43 Å². The molecule has 1 aromatic rings. The molecular formula is C12H19NO. The Hall–Kier alpha value is -0.860. The van der Waals surface area contributed by atoms with Crippen LogP contribution < -0.4 is 0 Å². The van der Waals surface area contributed by atoms with Gasteiger partial charge in [0.1, 0.15) is 0 Å². The molecule has 0 radical (unpaired) electrons. The van der Waals surface area contributed by atoms with E-state index in [-0.39, 0.29) is 12.4 Å². The third-order valence-electron chi connectivity index (χ3n) is 2.25. The van der Waals surface area contributed by atoms with Crippen LogP contribution in [0.15, 0.2) is 30.3 Å². The zero-order valence-electron chi connectivity index (χ0n) is 10.8. The SMILES string of the molecule is [2H]OCCN(C)C([2H])C(C)c1ccccc1. The van der Waals surface area contributed by atoms with Crippen LogP contribution in [0.4, 0.5) is 0 Å². The van der Waals surface area contributed by atoms with Gasteiger partial charge in [0.05, 0.1) is 6.61 Å². The smallest absolute Gasteiger partial charge is 0.210 e. The second kappa shape index (κ2) is 5.78. The Morgan fingerprint density at radius 3 is 2.86 bits per heavy atom. The minimum Gasteiger partial charge on any atom is -0.395 e. The molecule has 2 unspecified atom stereocenters. The van der Waals surface area contributed by atoms with E-state index in [4.69, 9.17) is 2.80 Å². The molecule has 0 spiro atoms. The van der Waals surface area contributed by atoms with E-state index in [1.165, 1.54) is 5.56 Å². The van der Waals surface area contributed by atoms with Crippen LogP contribution >= 0.6 is 0 Å². The zero-order chi connectivity index (χ0) is 12.0. The maximum Gasteiger partial charge on any atom is 0.210 e. The monoisotopic (exact) mass is 195 g/mol. The average Bonchev–Trinajstić information content (AvgIpc) is 2.35. The largest absolute Gasteiger partial charge is 0.395 e. The van der Waals surface area contributed by atoms with Crippen molar-refractivity contribution in [1.82, 2.24) is 4.90 Å². The van der Waals surface area contributed by atoms with Crippen LogP contribution in [0.25, 0.3) is 0 Å². The van der Waals surface area contributed by atoms with E-state index in [9.17, 15) is 0 Å². The maximum absolute atomic E-state index is 8.11. The van der Waals surface area contributed by atoms with Crippen molar-refractivity contribution in [3.63, 3.8) is 0 Å². The van der Waals surface area contributed by atoms with Crippen molar-refractivity contribution < 1.29 is 6.48 Å². The molecule has 0 aliphatic carbocycles. The number of likely N-dealkylation sites (N-methyl/N-ethyl adjacent to an activating group) is 1. The number of benzene rings is 1. The summed E-state index contributed by atoms with van der Waals surface area (Å²) in [7, 11) is 1.89. The van der Waals surface area contributed by atoms with Crippen LogP contribution in [0.5, 0.6) is 0 Å². The van der Waals surface area contributed by atoms with Crippen molar-refractivity contribution in [1.29, 1.82) is 1.43 Å². The predicted molar refractivity (Wildman–Crippen MR) is 59.4 cm³/mol. The Labute approximate surface area is 89.1 Å². The molecule has 0 saturated heterocycles. The summed E-state index contributed by atoms with van der Waals surface area (Å²) in [5.41, 5.74) is 1.17. The van der Waals surface area contributed by atoms with Crippen LogP contribution in [-0.2, 0) is 0 Å². The number of nitrogens with zero attached hydrogens (tertiary/aromatic N) is 1. The van der Waals surface area contributed by atoms with Crippen LogP contribution in [0.2, 0.25) is 0 Å². The van der Waals surface area contributed by atoms with Gasteiger partial charge >= 0.3 is 0 Å². The van der Waals surface area contributed by atoms with Gasteiger partial charge in [-0.25, -0.2) is 0 Å². The van der Waals surface area contributed by atoms with E-state index in [0.717, 1.165) is 0 Å². The van der Waals surface area contributed by atoms with Crippen LogP contribution in [-0.4, -0.2) is 38.2 Å². The van der Waals surface area contributed by atoms with E-state index in [2.05, 4.69) is 5.11 Å². The van der Waals surface area contributed by atoms with Gasteiger partial charge < -0.3 is 10.0 Å². The van der Waals surface area contributed by atoms with Gasteiger partial charge in [-0.1, -0.05) is 37.3 Å². The van der Waals surface area contributed by atoms with E-state index in [1.807, 2.05) is 49.2 Å². The highest BCUT2D eigenvalue weighted by molar-refractivity contribution is 5.18. The van der Waals surface area contributed by atoms with E-state index in [1.54, 1.807) is 0 Å². The molecule has 2 heteroatoms. The number of aliphatic hydroxyl groups is 1. The average molecular weight is 195 g/mol. The summed E-state index contributed by atoms with van der Waals surface area (Å²) in [6.45, 7) is 2.69. The van der Waals surface area contributed by atoms with Crippen LogP contribution in [0.3, 0.4) is 0 Å². The first-order valence-electron chi connectivity index (χ1n) is 5.91. The summed E-state index contributed by atoms with van der Waals surface area (Å²) in [5, 5.41) is 4.27. The highest BCUT2D eigenvalue weighted by atomic mass is 16.3. The molecule has 1 aromatic carbocycles. The fraction of sp³-hybridized carbons (Fsp3) is 0.500. The van der Waals surface area contributed by atoms with Gasteiger partial charge in [-0.15, -0.1) is 0 Å². The first kappa shape index (κ1) is 8.45. The molecule has 0 saturated carbocycles. The van der Waals surface area contributed by atoms with Crippen molar-refractivity contribution >= 4 is 0 Å². The molecule has 0 heterocycles. The normalized spacial score (nSPS) is 17.4. The Morgan fingerprint density at radius 2 is 2.21 bits per heavy atom. The quantitative estimate of drug-likeness (QED) is 0.747. The second-order valence-electron chi connectivity index (χ2n) is 3.53. The Bertz CT molecular complexity index is 294. The molecule has 0 bridgehead atoms. The van der Waals surface area contributed by atoms with Gasteiger partial charge in [-0.05, 0) is 18.5 Å². The number of rotatable bonds is 6. The lowest BCUT2D eigenvalue weighted by Gasteiger charge is -2.20. The highest BCUT2D eigenvalue weighted by Crippen LogP contribution is 2.14. The molecule has 0 amide bonds. The zero-order valence-corrected chi connectivity index (χ0v) is 8.81. The molecule has 2 nitrogen and oxygen atoms in total. The van der Waals surface area contributed by atoms with Crippen molar-refractivity contribution in [3.05, 3.63) is 35.9 Å². The number of hydrogen-bond donors (Lipinski definition) is 1. The molecule has 2 atom stereocenters. The van der Waals surface area contributed by atoms with Crippen molar-refractivity contribution in [2.75, 3.05) is 26.7 Å². The fourth-order valence-electron chi connectivity index (χ4n) is 1.44. The molecule has 0 fully saturated rings. The molecule has 14 heavy (non-hydrogen) atoms. The molecule has 0 aliphatic rings. The van der Waals surface area contributed by atoms with E-state index in [0.29, 0.717) is 13.2 Å². The molecule has 1 rings (SSSR count). The Kier molecular flexibility index (Phi) is 3.49. The summed E-state index contributed by atoms with van der Waals surface area (Å²) < 4.78 is 14.7. The number of hydrogen-bond acceptors (Lipinski definition) is 2. The summed E-state index contributed by atoms with van der Waals surface area (Å²) >= 11 is 0. The Balaban J connectivity index is 2.56. The van der Waals surface area contributed by atoms with Gasteiger partial charge in [0.25, 0.3) is 0 Å². The number of aliphatic hydroxyl groups excluding tert-OH is 1. The van der Waals surface area contributed by atoms with Crippen LogP contribution in [0.1, 0.15) is 19.8 Å². The first-order valence-corrected chi connectivity index (χ1v) is 4.92. The topological polar surface area (TPSA) is 23.5 Å². The van der Waals surface area contributed by atoms with Crippen molar-refractivity contribution in [3.8, 4) is 0 Å². The summed E-state index contributed by atoms with van der Waals surface area (Å²) in [5.74, 6) is 0.150. The molecule has 0 aliphatic heterocycles. The van der Waals surface area contributed by atoms with Gasteiger partial charge in [-0.2, -0.15) is 0 Å². The second-order valence-corrected chi connectivity index (χ2v) is 3.53. The summed E-state index contributed by atoms with van der Waals surface area (Å²) in [6.07, 6.45) is 0. The Morgan fingerprint density at radius 1 is 1.50 bits per heavy atom. The van der Waals surface area contributed by atoms with Gasteiger partial charge in [-0.3, -0.25) is 0 Å². The molecule has 0 aromatic heterocycles. The lowest BCUT2D eigenvalue weighted by Crippen LogP contribution is -2.26. The van der Waals surface area contributed by atoms with Gasteiger partial charge in [0.15, 0.2) is 0 Å². The van der Waals surface area contributed by atoms with E-state index >= 15 is 0 Å². The van der Waals surface area contributed by atoms with Gasteiger partial charge in [0, 0.05) is 14.4 Å². The molecule has 1 N–H and O–H groups in total. The van der Waals surface area contributed by atoms with Crippen molar-refractivity contribution in [2.45, 2.75) is 12.8 Å². The fourth-order valence-corrected chi connectivity index (χ4v) is 1.44. The highest BCUT2D eigenvalue weighted by Gasteiger charge is 2.07. The molecular weight excluding hydrogens is 174 g/mol. The van der Waals surface area contributed by atoms with E-state index < -0.39 is 0 Å². The first-order chi connectivity index (χ1) is 7.66. The van der Waals surface area contributed by atoms with Crippen molar-refractivity contribution in [2.24, 2.45) is 0 Å². The lowest BCUT2D eigenvalue weighted by molar-refractivity contribution is 0.216. The third-order valence-corrected chi connectivity index (χ3v) is 2.25. The predicted octanol–water partition coefficient (Wildman–Crippen LogP) is 1.71. The minimum absolute atomic E-state index is 0.150. The molecule has 78 valence electrons. The summed E-state index contributed by atoms with van der Waals surface area (Å²) in [6, 6.07) is 10.0. The lowest BCUT2D eigenvalue weighted by atomic mass is 10.0. The minimum atomic E-state index is -0.308.